The molecule has 1 aromatic rings. The van der Waals surface area contributed by atoms with Gasteiger partial charge in [-0.05, 0) is 39.0 Å². The summed E-state index contributed by atoms with van der Waals surface area (Å²) in [6, 6.07) is 6.40. The lowest BCUT2D eigenvalue weighted by atomic mass is 10.2. The number of alkyl halides is 1. The number of halogens is 1. The summed E-state index contributed by atoms with van der Waals surface area (Å²) >= 11 is 0. The quantitative estimate of drug-likeness (QED) is 0.853. The molecule has 0 bridgehead atoms. The Morgan fingerprint density at radius 3 is 2.75 bits per heavy atom. The van der Waals surface area contributed by atoms with Gasteiger partial charge >= 0.3 is 12.2 Å². The summed E-state index contributed by atoms with van der Waals surface area (Å²) in [7, 11) is 0. The van der Waals surface area contributed by atoms with Gasteiger partial charge in [-0.25, -0.2) is 18.9 Å². The highest BCUT2D eigenvalue weighted by atomic mass is 19.1. The number of carbonyl (C=O) groups is 2. The Balaban J connectivity index is 2.22. The molecule has 1 aliphatic heterocycles. The van der Waals surface area contributed by atoms with Crippen molar-refractivity contribution in [1.29, 1.82) is 0 Å². The van der Waals surface area contributed by atoms with E-state index in [9.17, 15) is 14.0 Å². The Bertz CT molecular complexity index is 618. The maximum absolute atomic E-state index is 13.4. The molecule has 7 nitrogen and oxygen atoms in total. The van der Waals surface area contributed by atoms with E-state index >= 15 is 0 Å². The van der Waals surface area contributed by atoms with Crippen LogP contribution in [-0.2, 0) is 9.47 Å². The summed E-state index contributed by atoms with van der Waals surface area (Å²) in [6.07, 6.45) is -1.71. The lowest BCUT2D eigenvalue weighted by molar-refractivity contribution is 0.0566. The predicted molar refractivity (Wildman–Crippen MR) is 87.8 cm³/mol. The Hall–Kier alpha value is -2.35. The molecule has 0 aliphatic carbocycles. The first-order valence-corrected chi connectivity index (χ1v) is 7.60. The predicted octanol–water partition coefficient (Wildman–Crippen LogP) is 2.64. The first kappa shape index (κ1) is 18.0. The molecule has 0 radical (unpaired) electrons. The molecule has 1 atom stereocenters. The molecule has 2 N–H and O–H groups in total. The van der Waals surface area contributed by atoms with E-state index in [2.05, 4.69) is 0 Å². The molecule has 1 aliphatic rings. The van der Waals surface area contributed by atoms with Crippen molar-refractivity contribution in [3.63, 3.8) is 0 Å². The lowest BCUT2D eigenvalue weighted by Gasteiger charge is -2.26. The van der Waals surface area contributed by atoms with Crippen molar-refractivity contribution >= 4 is 23.6 Å². The van der Waals surface area contributed by atoms with E-state index in [1.807, 2.05) is 0 Å². The number of carbonyl (C=O) groups excluding carboxylic acids is 2. The van der Waals surface area contributed by atoms with Gasteiger partial charge in [0.2, 0.25) is 0 Å². The molecule has 24 heavy (non-hydrogen) atoms. The summed E-state index contributed by atoms with van der Waals surface area (Å²) in [5.74, 6) is 0. The monoisotopic (exact) mass is 339 g/mol. The SMILES string of the molecule is CC(C)(C)OC(=O)N(CF)c1cccc(N2C[C@H](CN)OC2=O)c1. The highest BCUT2D eigenvalue weighted by Gasteiger charge is 2.32. The summed E-state index contributed by atoms with van der Waals surface area (Å²) < 4.78 is 23.7. The first-order chi connectivity index (χ1) is 11.2. The largest absolute Gasteiger partial charge is 0.443 e. The summed E-state index contributed by atoms with van der Waals surface area (Å²) in [4.78, 5) is 26.3. The average molecular weight is 339 g/mol. The number of rotatable bonds is 4. The first-order valence-electron chi connectivity index (χ1n) is 7.60. The van der Waals surface area contributed by atoms with Crippen molar-refractivity contribution in [2.75, 3.05) is 29.7 Å². The van der Waals surface area contributed by atoms with Crippen molar-refractivity contribution in [3.05, 3.63) is 24.3 Å². The summed E-state index contributed by atoms with van der Waals surface area (Å²) in [5, 5.41) is 0. The van der Waals surface area contributed by atoms with Gasteiger partial charge in [0.05, 0.1) is 12.2 Å². The van der Waals surface area contributed by atoms with E-state index in [1.54, 1.807) is 39.0 Å². The molecular formula is C16H22FN3O4. The lowest BCUT2D eigenvalue weighted by Crippen LogP contribution is -2.36. The third-order valence-corrected chi connectivity index (χ3v) is 3.32. The minimum atomic E-state index is -1.05. The second-order valence-electron chi connectivity index (χ2n) is 6.40. The van der Waals surface area contributed by atoms with E-state index in [0.29, 0.717) is 12.2 Å². The number of hydrogen-bond acceptors (Lipinski definition) is 5. The van der Waals surface area contributed by atoms with Crippen LogP contribution < -0.4 is 15.5 Å². The summed E-state index contributed by atoms with van der Waals surface area (Å²) in [5.41, 5.74) is 5.55. The van der Waals surface area contributed by atoms with Crippen molar-refractivity contribution in [1.82, 2.24) is 0 Å². The molecule has 1 saturated heterocycles. The van der Waals surface area contributed by atoms with Crippen LogP contribution in [-0.4, -0.2) is 43.8 Å². The molecule has 2 amide bonds. The highest BCUT2D eigenvalue weighted by molar-refractivity contribution is 5.92. The van der Waals surface area contributed by atoms with Gasteiger partial charge in [-0.3, -0.25) is 4.90 Å². The van der Waals surface area contributed by atoms with Gasteiger partial charge in [0.25, 0.3) is 0 Å². The van der Waals surface area contributed by atoms with Crippen molar-refractivity contribution < 1.29 is 23.5 Å². The second kappa shape index (κ2) is 7.04. The van der Waals surface area contributed by atoms with Crippen LogP contribution in [0.4, 0.5) is 25.4 Å². The number of nitrogens with two attached hydrogens (primary N) is 1. The van der Waals surface area contributed by atoms with Gasteiger partial charge in [-0.1, -0.05) is 6.07 Å². The van der Waals surface area contributed by atoms with E-state index in [-0.39, 0.29) is 18.3 Å². The van der Waals surface area contributed by atoms with Crippen molar-refractivity contribution in [2.24, 2.45) is 5.73 Å². The molecule has 1 heterocycles. The Morgan fingerprint density at radius 2 is 2.21 bits per heavy atom. The topological polar surface area (TPSA) is 85.1 Å². The van der Waals surface area contributed by atoms with Crippen LogP contribution in [0.15, 0.2) is 24.3 Å². The number of hydrogen-bond donors (Lipinski definition) is 1. The average Bonchev–Trinajstić information content (AvgIpc) is 2.87. The fourth-order valence-corrected chi connectivity index (χ4v) is 2.22. The molecule has 1 aromatic carbocycles. The van der Waals surface area contributed by atoms with E-state index < -0.39 is 24.6 Å². The number of ether oxygens (including phenoxy) is 2. The smallest absolute Gasteiger partial charge is 0.416 e. The number of anilines is 2. The maximum Gasteiger partial charge on any atom is 0.416 e. The third-order valence-electron chi connectivity index (χ3n) is 3.32. The van der Waals surface area contributed by atoms with E-state index in [0.717, 1.165) is 4.90 Å². The highest BCUT2D eigenvalue weighted by Crippen LogP contribution is 2.27. The zero-order chi connectivity index (χ0) is 17.9. The molecule has 2 rings (SSSR count). The summed E-state index contributed by atoms with van der Waals surface area (Å²) in [6.45, 7) is 4.58. The standard InChI is InChI=1S/C16H22FN3O4/c1-16(2,3)24-15(22)20(10-17)12-6-4-5-11(7-12)19-9-13(8-18)23-14(19)21/h4-7,13H,8-10,18H2,1-3H3/t13-/m0/s1. The van der Waals surface area contributed by atoms with Crippen LogP contribution >= 0.6 is 0 Å². The zero-order valence-corrected chi connectivity index (χ0v) is 14.0. The Kier molecular flexibility index (Phi) is 5.28. The van der Waals surface area contributed by atoms with Gasteiger partial charge in [-0.2, -0.15) is 0 Å². The Morgan fingerprint density at radius 1 is 1.50 bits per heavy atom. The fraction of sp³-hybridized carbons (Fsp3) is 0.500. The van der Waals surface area contributed by atoms with Gasteiger partial charge < -0.3 is 15.2 Å². The van der Waals surface area contributed by atoms with E-state index in [1.165, 1.54) is 11.0 Å². The molecule has 0 unspecified atom stereocenters. The van der Waals surface area contributed by atoms with Crippen LogP contribution in [0.1, 0.15) is 20.8 Å². The molecule has 1 fully saturated rings. The van der Waals surface area contributed by atoms with Crippen molar-refractivity contribution in [3.8, 4) is 0 Å². The zero-order valence-electron chi connectivity index (χ0n) is 14.0. The minimum absolute atomic E-state index is 0.219. The van der Waals surface area contributed by atoms with Gasteiger partial charge in [0.15, 0.2) is 6.80 Å². The number of benzene rings is 1. The molecule has 0 saturated carbocycles. The molecule has 0 aromatic heterocycles. The number of cyclic esters (lactones) is 1. The Labute approximate surface area is 140 Å². The van der Waals surface area contributed by atoms with E-state index in [4.69, 9.17) is 15.2 Å². The van der Waals surface area contributed by atoms with Crippen LogP contribution in [0.2, 0.25) is 0 Å². The van der Waals surface area contributed by atoms with Crippen LogP contribution in [0, 0.1) is 0 Å². The minimum Gasteiger partial charge on any atom is -0.443 e. The van der Waals surface area contributed by atoms with Gasteiger partial charge in [0.1, 0.15) is 11.7 Å². The normalized spacial score (nSPS) is 17.6. The van der Waals surface area contributed by atoms with Crippen LogP contribution in [0.25, 0.3) is 0 Å². The number of nitrogens with zero attached hydrogens (tertiary/aromatic N) is 2. The molecule has 8 heteroatoms. The molecule has 0 spiro atoms. The fourth-order valence-electron chi connectivity index (χ4n) is 2.22. The number of amides is 2. The van der Waals surface area contributed by atoms with Crippen LogP contribution in [0.5, 0.6) is 0 Å². The third kappa shape index (κ3) is 4.14. The van der Waals surface area contributed by atoms with Crippen molar-refractivity contribution in [2.45, 2.75) is 32.5 Å². The molecular weight excluding hydrogens is 317 g/mol. The second-order valence-corrected chi connectivity index (χ2v) is 6.40. The van der Waals surface area contributed by atoms with Gasteiger partial charge in [-0.15, -0.1) is 0 Å². The van der Waals surface area contributed by atoms with Crippen LogP contribution in [0.3, 0.4) is 0 Å². The van der Waals surface area contributed by atoms with Gasteiger partial charge in [0, 0.05) is 12.2 Å². The molecule has 132 valence electrons. The maximum atomic E-state index is 13.4.